The summed E-state index contributed by atoms with van der Waals surface area (Å²) >= 11 is 0. The summed E-state index contributed by atoms with van der Waals surface area (Å²) in [7, 11) is 0. The smallest absolute Gasteiger partial charge is 0.315 e. The molecule has 3 heterocycles. The van der Waals surface area contributed by atoms with Gasteiger partial charge in [-0.3, -0.25) is 4.79 Å². The summed E-state index contributed by atoms with van der Waals surface area (Å²) in [5, 5.41) is 9.15. The van der Waals surface area contributed by atoms with E-state index in [-0.39, 0.29) is 47.6 Å². The van der Waals surface area contributed by atoms with Crippen molar-refractivity contribution in [1.82, 2.24) is 0 Å². The fourth-order valence-electron chi connectivity index (χ4n) is 7.35. The number of esters is 1. The van der Waals surface area contributed by atoms with Crippen molar-refractivity contribution in [3.05, 3.63) is 0 Å². The zero-order valence-electron chi connectivity index (χ0n) is 16.8. The average Bonchev–Trinajstić information content (AvgIpc) is 3.32. The van der Waals surface area contributed by atoms with E-state index in [1.165, 1.54) is 29.1 Å². The molecule has 3 saturated heterocycles. The first kappa shape index (κ1) is 18.3. The molecule has 0 aromatic carbocycles. The highest BCUT2D eigenvalue weighted by atomic mass is 16.6. The molecular weight excluding hydrogens is 344 g/mol. The molecule has 3 N–H and O–H groups in total. The quantitative estimate of drug-likeness (QED) is 0.401. The summed E-state index contributed by atoms with van der Waals surface area (Å²) in [6, 6.07) is 0. The molecule has 2 aliphatic carbocycles. The van der Waals surface area contributed by atoms with Crippen molar-refractivity contribution in [2.75, 3.05) is 45.9 Å². The molecule has 0 aromatic heterocycles. The molecule has 3 aliphatic heterocycles. The minimum Gasteiger partial charge on any atom is -0.462 e. The van der Waals surface area contributed by atoms with E-state index >= 15 is 0 Å². The Morgan fingerprint density at radius 2 is 1.96 bits per heavy atom. The Balaban J connectivity index is 1.30. The molecule has 5 rings (SSSR count). The molecule has 0 amide bonds. The Bertz CT molecular complexity index is 607. The number of epoxide rings is 1. The second kappa shape index (κ2) is 6.41. The van der Waals surface area contributed by atoms with E-state index < -0.39 is 0 Å². The number of ether oxygens (including phenoxy) is 2. The SMILES string of the molecule is C[C@H]1CCC[C@]2(C)C[C@H]3OC(=O)[C@H](C[NH+]4CC[NH+](CCO)CC4)[C@H]3[C@H]3O[C@@]312. The number of fused-ring (bicyclic) bond motifs is 2. The van der Waals surface area contributed by atoms with Crippen LogP contribution in [0.15, 0.2) is 0 Å². The summed E-state index contributed by atoms with van der Waals surface area (Å²) in [5.41, 5.74) is 0.190. The minimum atomic E-state index is 0.00689. The van der Waals surface area contributed by atoms with Crippen LogP contribution in [0.3, 0.4) is 0 Å². The third-order valence-electron chi connectivity index (χ3n) is 8.83. The van der Waals surface area contributed by atoms with Crippen molar-refractivity contribution in [1.29, 1.82) is 0 Å². The van der Waals surface area contributed by atoms with Gasteiger partial charge >= 0.3 is 5.97 Å². The number of carbonyl (C=O) groups excluding carboxylic acids is 1. The van der Waals surface area contributed by atoms with Crippen molar-refractivity contribution in [3.63, 3.8) is 0 Å². The number of nitrogens with one attached hydrogen (secondary N) is 2. The van der Waals surface area contributed by atoms with Crippen LogP contribution in [0.2, 0.25) is 0 Å². The van der Waals surface area contributed by atoms with Crippen molar-refractivity contribution in [2.45, 2.75) is 57.3 Å². The lowest BCUT2D eigenvalue weighted by molar-refractivity contribution is -1.01. The maximum Gasteiger partial charge on any atom is 0.315 e. The maximum atomic E-state index is 12.8. The van der Waals surface area contributed by atoms with Gasteiger partial charge in [0.1, 0.15) is 50.3 Å². The molecule has 5 aliphatic rings. The maximum absolute atomic E-state index is 12.8. The molecule has 6 nitrogen and oxygen atoms in total. The highest BCUT2D eigenvalue weighted by molar-refractivity contribution is 5.76. The zero-order chi connectivity index (χ0) is 18.8. The van der Waals surface area contributed by atoms with Gasteiger partial charge in [-0.15, -0.1) is 0 Å². The lowest BCUT2D eigenvalue weighted by Gasteiger charge is -2.48. The molecule has 0 unspecified atom stereocenters. The number of hydrogen-bond donors (Lipinski definition) is 3. The fraction of sp³-hybridized carbons (Fsp3) is 0.952. The van der Waals surface area contributed by atoms with E-state index in [0.717, 1.165) is 45.7 Å². The Kier molecular flexibility index (Phi) is 4.35. The molecule has 27 heavy (non-hydrogen) atoms. The van der Waals surface area contributed by atoms with Crippen molar-refractivity contribution >= 4 is 5.97 Å². The number of hydrogen-bond acceptors (Lipinski definition) is 4. The van der Waals surface area contributed by atoms with Gasteiger partial charge in [-0.25, -0.2) is 0 Å². The molecule has 2 saturated carbocycles. The lowest BCUT2D eigenvalue weighted by atomic mass is 9.53. The van der Waals surface area contributed by atoms with E-state index in [1.54, 1.807) is 0 Å². The third kappa shape index (κ3) is 2.63. The van der Waals surface area contributed by atoms with Crippen LogP contribution in [-0.2, 0) is 14.3 Å². The van der Waals surface area contributed by atoms with Gasteiger partial charge in [0.25, 0.3) is 0 Å². The van der Waals surface area contributed by atoms with Gasteiger partial charge in [0, 0.05) is 11.3 Å². The second-order valence-electron chi connectivity index (χ2n) is 10.2. The van der Waals surface area contributed by atoms with Crippen LogP contribution in [-0.4, -0.2) is 74.8 Å². The second-order valence-corrected chi connectivity index (χ2v) is 10.2. The van der Waals surface area contributed by atoms with Crippen LogP contribution in [0.25, 0.3) is 0 Å². The fourth-order valence-corrected chi connectivity index (χ4v) is 7.35. The molecular formula is C21H36N2O4+2. The third-order valence-corrected chi connectivity index (χ3v) is 8.83. The predicted molar refractivity (Wildman–Crippen MR) is 98.4 cm³/mol. The van der Waals surface area contributed by atoms with E-state index in [2.05, 4.69) is 13.8 Å². The van der Waals surface area contributed by atoms with E-state index in [1.807, 2.05) is 0 Å². The highest BCUT2D eigenvalue weighted by Gasteiger charge is 2.78. The monoisotopic (exact) mass is 380 g/mol. The Morgan fingerprint density at radius 1 is 1.22 bits per heavy atom. The highest BCUT2D eigenvalue weighted by Crippen LogP contribution is 2.70. The largest absolute Gasteiger partial charge is 0.462 e. The van der Waals surface area contributed by atoms with E-state index in [0.29, 0.717) is 5.92 Å². The van der Waals surface area contributed by atoms with E-state index in [4.69, 9.17) is 14.6 Å². The summed E-state index contributed by atoms with van der Waals surface area (Å²) in [5.74, 6) is 0.897. The average molecular weight is 381 g/mol. The van der Waals surface area contributed by atoms with Crippen LogP contribution in [0.4, 0.5) is 0 Å². The van der Waals surface area contributed by atoms with Gasteiger partial charge in [0.2, 0.25) is 0 Å². The number of carbonyl (C=O) groups is 1. The summed E-state index contributed by atoms with van der Waals surface area (Å²) in [6.07, 6.45) is 5.02. The van der Waals surface area contributed by atoms with Crippen LogP contribution in [0, 0.1) is 23.2 Å². The first-order valence-electron chi connectivity index (χ1n) is 11.1. The van der Waals surface area contributed by atoms with Gasteiger partial charge < -0.3 is 24.4 Å². The van der Waals surface area contributed by atoms with Gasteiger partial charge in [-0.1, -0.05) is 20.3 Å². The van der Waals surface area contributed by atoms with Crippen LogP contribution >= 0.6 is 0 Å². The Hall–Kier alpha value is -0.690. The van der Waals surface area contributed by atoms with Crippen LogP contribution in [0.1, 0.15) is 39.5 Å². The summed E-state index contributed by atoms with van der Waals surface area (Å²) in [6.45, 7) is 11.1. The number of quaternary nitrogens is 2. The zero-order valence-corrected chi connectivity index (χ0v) is 16.8. The van der Waals surface area contributed by atoms with Gasteiger partial charge in [0.15, 0.2) is 0 Å². The molecule has 152 valence electrons. The van der Waals surface area contributed by atoms with Gasteiger partial charge in [-0.05, 0) is 25.2 Å². The molecule has 6 heteroatoms. The normalized spacial score (nSPS) is 53.9. The molecule has 0 aromatic rings. The Morgan fingerprint density at radius 3 is 2.70 bits per heavy atom. The molecule has 0 bridgehead atoms. The van der Waals surface area contributed by atoms with Gasteiger partial charge in [0.05, 0.1) is 19.3 Å². The first-order chi connectivity index (χ1) is 13.0. The number of aliphatic hydroxyl groups is 1. The molecule has 5 fully saturated rings. The Labute approximate surface area is 162 Å². The summed E-state index contributed by atoms with van der Waals surface area (Å²) in [4.78, 5) is 15.8. The first-order valence-corrected chi connectivity index (χ1v) is 11.1. The van der Waals surface area contributed by atoms with Crippen LogP contribution in [0.5, 0.6) is 0 Å². The number of piperazine rings is 1. The van der Waals surface area contributed by atoms with Gasteiger partial charge in [-0.2, -0.15) is 0 Å². The molecule has 0 radical (unpaired) electrons. The molecule has 1 spiro atoms. The lowest BCUT2D eigenvalue weighted by Crippen LogP contribution is -3.28. The predicted octanol–water partition coefficient (Wildman–Crippen LogP) is -1.71. The van der Waals surface area contributed by atoms with Crippen molar-refractivity contribution in [3.8, 4) is 0 Å². The van der Waals surface area contributed by atoms with Crippen molar-refractivity contribution in [2.24, 2.45) is 23.2 Å². The number of aliphatic hydroxyl groups excluding tert-OH is 1. The number of rotatable bonds is 4. The summed E-state index contributed by atoms with van der Waals surface area (Å²) < 4.78 is 12.5. The molecule has 7 atom stereocenters. The standard InChI is InChI=1S/C21H34N2O4/c1-14-4-3-5-20(2)12-16-17(18-21(14,20)27-18)15(19(25)26-16)13-23-8-6-22(7-9-23)10-11-24/h14-18,24H,3-13H2,1-2H3/p+2/t14-,15+,16+,17+,18+,20+,21+/m0/s1. The van der Waals surface area contributed by atoms with E-state index in [9.17, 15) is 4.79 Å². The van der Waals surface area contributed by atoms with Crippen LogP contribution < -0.4 is 9.80 Å². The minimum absolute atomic E-state index is 0.00689. The topological polar surface area (TPSA) is 67.9 Å². The van der Waals surface area contributed by atoms with Crippen molar-refractivity contribution < 1.29 is 29.2 Å².